The first-order valence-electron chi connectivity index (χ1n) is 7.65. The Morgan fingerprint density at radius 2 is 1.89 bits per heavy atom. The fourth-order valence-corrected chi connectivity index (χ4v) is 3.39. The standard InChI is InChI=1S/C15H31N3/c1-15(2,3)9-12-8-14(17-13-4-5-13)11-18(10-12)7-6-16/h12-14,17H,4-11,16H2,1-3H3. The van der Waals surface area contributed by atoms with Crippen molar-refractivity contribution in [2.24, 2.45) is 17.1 Å². The molecule has 0 radical (unpaired) electrons. The minimum atomic E-state index is 0.445. The van der Waals surface area contributed by atoms with Gasteiger partial charge in [-0.1, -0.05) is 20.8 Å². The van der Waals surface area contributed by atoms with Crippen molar-refractivity contribution in [2.45, 2.75) is 58.5 Å². The second-order valence-corrected chi connectivity index (χ2v) is 7.55. The van der Waals surface area contributed by atoms with Gasteiger partial charge in [-0.25, -0.2) is 0 Å². The number of nitrogens with one attached hydrogen (secondary N) is 1. The van der Waals surface area contributed by atoms with Crippen molar-refractivity contribution in [1.82, 2.24) is 10.2 Å². The molecule has 2 aliphatic rings. The summed E-state index contributed by atoms with van der Waals surface area (Å²) in [6, 6.07) is 1.52. The Morgan fingerprint density at radius 1 is 1.17 bits per heavy atom. The van der Waals surface area contributed by atoms with Crippen molar-refractivity contribution in [2.75, 3.05) is 26.2 Å². The van der Waals surface area contributed by atoms with E-state index in [0.29, 0.717) is 11.5 Å². The predicted octanol–water partition coefficient (Wildman–Crippen LogP) is 1.82. The smallest absolute Gasteiger partial charge is 0.0200 e. The third-order valence-electron chi connectivity index (χ3n) is 4.01. The maximum absolute atomic E-state index is 5.73. The Balaban J connectivity index is 1.87. The number of rotatable bonds is 5. The van der Waals surface area contributed by atoms with E-state index >= 15 is 0 Å². The van der Waals surface area contributed by atoms with E-state index in [-0.39, 0.29) is 0 Å². The minimum Gasteiger partial charge on any atom is -0.329 e. The van der Waals surface area contributed by atoms with Gasteiger partial charge < -0.3 is 16.0 Å². The molecule has 3 N–H and O–H groups in total. The summed E-state index contributed by atoms with van der Waals surface area (Å²) in [7, 11) is 0. The van der Waals surface area contributed by atoms with Gasteiger partial charge in [-0.2, -0.15) is 0 Å². The molecule has 0 aromatic heterocycles. The first-order chi connectivity index (χ1) is 8.46. The van der Waals surface area contributed by atoms with E-state index < -0.39 is 0 Å². The van der Waals surface area contributed by atoms with Crippen LogP contribution in [0.2, 0.25) is 0 Å². The van der Waals surface area contributed by atoms with Gasteiger partial charge >= 0.3 is 0 Å². The lowest BCUT2D eigenvalue weighted by atomic mass is 9.80. The van der Waals surface area contributed by atoms with Gasteiger partial charge in [0.05, 0.1) is 0 Å². The zero-order valence-electron chi connectivity index (χ0n) is 12.4. The Kier molecular flexibility index (Phi) is 4.68. The second-order valence-electron chi connectivity index (χ2n) is 7.55. The van der Waals surface area contributed by atoms with Gasteiger partial charge in [-0.05, 0) is 37.0 Å². The minimum absolute atomic E-state index is 0.445. The molecular weight excluding hydrogens is 222 g/mol. The molecule has 18 heavy (non-hydrogen) atoms. The Hall–Kier alpha value is -0.120. The fraction of sp³-hybridized carbons (Fsp3) is 1.00. The summed E-state index contributed by atoms with van der Waals surface area (Å²) in [5, 5.41) is 3.81. The highest BCUT2D eigenvalue weighted by atomic mass is 15.2. The molecule has 1 aliphatic heterocycles. The van der Waals surface area contributed by atoms with Gasteiger partial charge in [-0.15, -0.1) is 0 Å². The Morgan fingerprint density at radius 3 is 2.44 bits per heavy atom. The molecule has 2 fully saturated rings. The normalized spacial score (nSPS) is 30.7. The average Bonchev–Trinajstić information content (AvgIpc) is 2.98. The van der Waals surface area contributed by atoms with Crippen LogP contribution < -0.4 is 11.1 Å². The van der Waals surface area contributed by atoms with Crippen LogP contribution in [0.4, 0.5) is 0 Å². The van der Waals surface area contributed by atoms with Crippen LogP contribution in [0, 0.1) is 11.3 Å². The number of hydrogen-bond donors (Lipinski definition) is 2. The lowest BCUT2D eigenvalue weighted by molar-refractivity contribution is 0.116. The molecule has 0 spiro atoms. The van der Waals surface area contributed by atoms with Crippen molar-refractivity contribution < 1.29 is 0 Å². The van der Waals surface area contributed by atoms with E-state index in [1.165, 1.54) is 38.8 Å². The molecule has 0 bridgehead atoms. The molecule has 3 nitrogen and oxygen atoms in total. The molecule has 2 unspecified atom stereocenters. The molecule has 0 aromatic carbocycles. The first kappa shape index (κ1) is 14.3. The van der Waals surface area contributed by atoms with Crippen molar-refractivity contribution in [1.29, 1.82) is 0 Å². The van der Waals surface area contributed by atoms with E-state index in [2.05, 4.69) is 31.0 Å². The monoisotopic (exact) mass is 253 g/mol. The Labute approximate surface area is 112 Å². The number of nitrogens with two attached hydrogens (primary N) is 1. The van der Waals surface area contributed by atoms with Crippen LogP contribution in [0.25, 0.3) is 0 Å². The molecule has 2 atom stereocenters. The summed E-state index contributed by atoms with van der Waals surface area (Å²) in [6.45, 7) is 11.4. The van der Waals surface area contributed by atoms with Crippen molar-refractivity contribution >= 4 is 0 Å². The average molecular weight is 253 g/mol. The SMILES string of the molecule is CC(C)(C)CC1CC(NC2CC2)CN(CCN)C1. The fourth-order valence-electron chi connectivity index (χ4n) is 3.39. The zero-order valence-corrected chi connectivity index (χ0v) is 12.4. The molecular formula is C15H31N3. The van der Waals surface area contributed by atoms with Crippen molar-refractivity contribution in [3.05, 3.63) is 0 Å². The highest BCUT2D eigenvalue weighted by Crippen LogP contribution is 2.31. The predicted molar refractivity (Wildman–Crippen MR) is 77.6 cm³/mol. The second kappa shape index (κ2) is 5.89. The van der Waals surface area contributed by atoms with Crippen LogP contribution >= 0.6 is 0 Å². The largest absolute Gasteiger partial charge is 0.329 e. The Bertz CT molecular complexity index is 255. The third kappa shape index (κ3) is 4.87. The molecule has 3 heteroatoms. The molecule has 2 rings (SSSR count). The van der Waals surface area contributed by atoms with Crippen LogP contribution in [0.3, 0.4) is 0 Å². The summed E-state index contributed by atoms with van der Waals surface area (Å²) in [6.07, 6.45) is 5.46. The number of hydrogen-bond acceptors (Lipinski definition) is 3. The lowest BCUT2D eigenvalue weighted by Crippen LogP contribution is -2.51. The summed E-state index contributed by atoms with van der Waals surface area (Å²) < 4.78 is 0. The zero-order chi connectivity index (χ0) is 13.2. The van der Waals surface area contributed by atoms with Crippen molar-refractivity contribution in [3.63, 3.8) is 0 Å². The maximum atomic E-state index is 5.73. The topological polar surface area (TPSA) is 41.3 Å². The van der Waals surface area contributed by atoms with E-state index in [4.69, 9.17) is 5.73 Å². The number of likely N-dealkylation sites (tertiary alicyclic amines) is 1. The summed E-state index contributed by atoms with van der Waals surface area (Å²) in [4.78, 5) is 2.57. The van der Waals surface area contributed by atoms with Crippen LogP contribution in [0.1, 0.15) is 46.5 Å². The van der Waals surface area contributed by atoms with Gasteiger partial charge in [0.1, 0.15) is 0 Å². The highest BCUT2D eigenvalue weighted by molar-refractivity contribution is 4.91. The van der Waals surface area contributed by atoms with E-state index in [9.17, 15) is 0 Å². The highest BCUT2D eigenvalue weighted by Gasteiger charge is 2.32. The summed E-state index contributed by atoms with van der Waals surface area (Å²) in [5.41, 5.74) is 6.17. The molecule has 0 amide bonds. The third-order valence-corrected chi connectivity index (χ3v) is 4.01. The van der Waals surface area contributed by atoms with Gasteiger partial charge in [-0.3, -0.25) is 0 Å². The van der Waals surface area contributed by atoms with Crippen LogP contribution in [-0.2, 0) is 0 Å². The molecule has 106 valence electrons. The molecule has 0 aromatic rings. The van der Waals surface area contributed by atoms with Crippen LogP contribution in [0.5, 0.6) is 0 Å². The van der Waals surface area contributed by atoms with E-state index in [1.54, 1.807) is 0 Å². The van der Waals surface area contributed by atoms with Gasteiger partial charge in [0.2, 0.25) is 0 Å². The maximum Gasteiger partial charge on any atom is 0.0200 e. The first-order valence-corrected chi connectivity index (χ1v) is 7.65. The quantitative estimate of drug-likeness (QED) is 0.785. The van der Waals surface area contributed by atoms with E-state index in [0.717, 1.165) is 25.0 Å². The molecule has 1 heterocycles. The lowest BCUT2D eigenvalue weighted by Gasteiger charge is -2.40. The van der Waals surface area contributed by atoms with Gasteiger partial charge in [0.25, 0.3) is 0 Å². The summed E-state index contributed by atoms with van der Waals surface area (Å²) >= 11 is 0. The number of nitrogens with zero attached hydrogens (tertiary/aromatic N) is 1. The van der Waals surface area contributed by atoms with Gasteiger partial charge in [0, 0.05) is 38.3 Å². The van der Waals surface area contributed by atoms with Crippen LogP contribution in [0.15, 0.2) is 0 Å². The van der Waals surface area contributed by atoms with Crippen molar-refractivity contribution in [3.8, 4) is 0 Å². The molecule has 1 saturated heterocycles. The van der Waals surface area contributed by atoms with Gasteiger partial charge in [0.15, 0.2) is 0 Å². The summed E-state index contributed by atoms with van der Waals surface area (Å²) in [5.74, 6) is 0.835. The van der Waals surface area contributed by atoms with E-state index in [1.807, 2.05) is 0 Å². The molecule has 1 saturated carbocycles. The number of piperidine rings is 1. The van der Waals surface area contributed by atoms with Crippen LogP contribution in [-0.4, -0.2) is 43.2 Å². The molecule has 1 aliphatic carbocycles.